The van der Waals surface area contributed by atoms with E-state index in [9.17, 15) is 0 Å². The highest BCUT2D eigenvalue weighted by atomic mass is 15.2. The summed E-state index contributed by atoms with van der Waals surface area (Å²) in [5.74, 6) is 0.705. The van der Waals surface area contributed by atoms with Gasteiger partial charge < -0.3 is 9.80 Å². The highest BCUT2D eigenvalue weighted by Gasteiger charge is 2.17. The Labute approximate surface area is 99.6 Å². The molecule has 0 unspecified atom stereocenters. The van der Waals surface area contributed by atoms with Crippen molar-refractivity contribution in [1.29, 1.82) is 0 Å². The fourth-order valence-corrected chi connectivity index (χ4v) is 2.45. The molecule has 0 amide bonds. The zero-order valence-electron chi connectivity index (χ0n) is 10.9. The Morgan fingerprint density at radius 2 is 1.81 bits per heavy atom. The second-order valence-corrected chi connectivity index (χ2v) is 5.33. The van der Waals surface area contributed by atoms with Crippen LogP contribution in [0.4, 0.5) is 0 Å². The monoisotopic (exact) mass is 220 g/mol. The maximum atomic E-state index is 2.54. The summed E-state index contributed by atoms with van der Waals surface area (Å²) >= 11 is 0. The van der Waals surface area contributed by atoms with E-state index >= 15 is 0 Å². The fraction of sp³-hybridized carbons (Fsp3) is 0.714. The van der Waals surface area contributed by atoms with Crippen LogP contribution in [-0.2, 0) is 0 Å². The van der Waals surface area contributed by atoms with Gasteiger partial charge in [-0.15, -0.1) is 0 Å². The van der Waals surface area contributed by atoms with E-state index in [1.165, 1.54) is 44.7 Å². The van der Waals surface area contributed by atoms with Gasteiger partial charge in [0.25, 0.3) is 0 Å². The van der Waals surface area contributed by atoms with Crippen LogP contribution in [-0.4, -0.2) is 43.0 Å². The first-order chi connectivity index (χ1) is 7.66. The van der Waals surface area contributed by atoms with Crippen LogP contribution in [0.15, 0.2) is 23.4 Å². The molecule has 1 fully saturated rings. The largest absolute Gasteiger partial charge is 0.369 e. The molecule has 0 saturated carbocycles. The molecule has 0 N–H and O–H groups in total. The zero-order chi connectivity index (χ0) is 11.5. The molecule has 2 rings (SSSR count). The fourth-order valence-electron chi connectivity index (χ4n) is 2.45. The van der Waals surface area contributed by atoms with Gasteiger partial charge in [-0.3, -0.25) is 0 Å². The lowest BCUT2D eigenvalue weighted by Crippen LogP contribution is -2.43. The second-order valence-electron chi connectivity index (χ2n) is 5.33. The normalized spacial score (nSPS) is 23.4. The molecule has 1 heterocycles. The molecule has 0 atom stereocenters. The Hall–Kier alpha value is -0.760. The summed E-state index contributed by atoms with van der Waals surface area (Å²) in [6, 6.07) is 0. The molecule has 90 valence electrons. The van der Waals surface area contributed by atoms with Gasteiger partial charge in [0, 0.05) is 31.9 Å². The standard InChI is InChI=1S/C14H24N2/c1-12(2)13-5-4-6-14(11-13)16-9-7-15(3)8-10-16/h6,11-12H,4-5,7-10H2,1-3H3. The average Bonchev–Trinajstić information content (AvgIpc) is 2.30. The van der Waals surface area contributed by atoms with E-state index in [1.54, 1.807) is 5.57 Å². The van der Waals surface area contributed by atoms with Crippen molar-refractivity contribution in [2.24, 2.45) is 5.92 Å². The molecule has 2 heteroatoms. The molecular weight excluding hydrogens is 196 g/mol. The first-order valence-electron chi connectivity index (χ1n) is 6.51. The van der Waals surface area contributed by atoms with E-state index in [0.717, 1.165) is 0 Å². The molecule has 2 aliphatic rings. The van der Waals surface area contributed by atoms with Crippen LogP contribution < -0.4 is 0 Å². The summed E-state index contributed by atoms with van der Waals surface area (Å²) < 4.78 is 0. The van der Waals surface area contributed by atoms with E-state index in [4.69, 9.17) is 0 Å². The maximum Gasteiger partial charge on any atom is 0.0326 e. The Morgan fingerprint density at radius 1 is 1.12 bits per heavy atom. The molecule has 0 aromatic carbocycles. The van der Waals surface area contributed by atoms with Gasteiger partial charge in [0.05, 0.1) is 0 Å². The van der Waals surface area contributed by atoms with Crippen molar-refractivity contribution in [3.63, 3.8) is 0 Å². The summed E-state index contributed by atoms with van der Waals surface area (Å²) in [6.45, 7) is 9.37. The van der Waals surface area contributed by atoms with E-state index in [-0.39, 0.29) is 0 Å². The minimum Gasteiger partial charge on any atom is -0.369 e. The summed E-state index contributed by atoms with van der Waals surface area (Å²) in [4.78, 5) is 4.95. The molecule has 0 spiro atoms. The number of nitrogens with zero attached hydrogens (tertiary/aromatic N) is 2. The van der Waals surface area contributed by atoms with E-state index in [0.29, 0.717) is 5.92 Å². The van der Waals surface area contributed by atoms with Crippen molar-refractivity contribution >= 4 is 0 Å². The Bertz CT molecular complexity index is 294. The van der Waals surface area contributed by atoms with Crippen molar-refractivity contribution in [3.05, 3.63) is 23.4 Å². The summed E-state index contributed by atoms with van der Waals surface area (Å²) in [5.41, 5.74) is 3.10. The number of likely N-dealkylation sites (N-methyl/N-ethyl adjacent to an activating group) is 1. The lowest BCUT2D eigenvalue weighted by Gasteiger charge is -2.36. The summed E-state index contributed by atoms with van der Waals surface area (Å²) in [5, 5.41) is 0. The number of hydrogen-bond acceptors (Lipinski definition) is 2. The van der Waals surface area contributed by atoms with Crippen LogP contribution in [0.1, 0.15) is 26.7 Å². The lowest BCUT2D eigenvalue weighted by atomic mass is 9.93. The first-order valence-corrected chi connectivity index (χ1v) is 6.51. The lowest BCUT2D eigenvalue weighted by molar-refractivity contribution is 0.189. The molecule has 1 aliphatic heterocycles. The van der Waals surface area contributed by atoms with Crippen molar-refractivity contribution in [2.75, 3.05) is 33.2 Å². The molecule has 0 bridgehead atoms. The van der Waals surface area contributed by atoms with Crippen LogP contribution in [0, 0.1) is 5.92 Å². The number of hydrogen-bond donors (Lipinski definition) is 0. The maximum absolute atomic E-state index is 2.54. The minimum atomic E-state index is 0.705. The topological polar surface area (TPSA) is 6.48 Å². The number of rotatable bonds is 2. The van der Waals surface area contributed by atoms with Crippen LogP contribution in [0.2, 0.25) is 0 Å². The molecule has 1 saturated heterocycles. The summed E-state index contributed by atoms with van der Waals surface area (Å²) in [6.07, 6.45) is 7.33. The average molecular weight is 220 g/mol. The molecule has 0 radical (unpaired) electrons. The molecular formula is C14H24N2. The van der Waals surface area contributed by atoms with Crippen LogP contribution in [0.5, 0.6) is 0 Å². The SMILES string of the molecule is CC(C)C1=CC(N2CCN(C)CC2)=CCC1. The smallest absolute Gasteiger partial charge is 0.0326 e. The van der Waals surface area contributed by atoms with Crippen LogP contribution in [0.3, 0.4) is 0 Å². The molecule has 16 heavy (non-hydrogen) atoms. The predicted octanol–water partition coefficient (Wildman–Crippen LogP) is 2.49. The van der Waals surface area contributed by atoms with E-state index in [1.807, 2.05) is 0 Å². The van der Waals surface area contributed by atoms with Crippen molar-refractivity contribution < 1.29 is 0 Å². The van der Waals surface area contributed by atoms with E-state index < -0.39 is 0 Å². The van der Waals surface area contributed by atoms with Crippen molar-refractivity contribution in [1.82, 2.24) is 9.80 Å². The zero-order valence-corrected chi connectivity index (χ0v) is 10.9. The quantitative estimate of drug-likeness (QED) is 0.705. The van der Waals surface area contributed by atoms with Gasteiger partial charge in [0.2, 0.25) is 0 Å². The minimum absolute atomic E-state index is 0.705. The van der Waals surface area contributed by atoms with Gasteiger partial charge in [-0.2, -0.15) is 0 Å². The van der Waals surface area contributed by atoms with Crippen molar-refractivity contribution in [2.45, 2.75) is 26.7 Å². The predicted molar refractivity (Wildman–Crippen MR) is 69.3 cm³/mol. The van der Waals surface area contributed by atoms with Gasteiger partial charge in [0.1, 0.15) is 0 Å². The van der Waals surface area contributed by atoms with Gasteiger partial charge >= 0.3 is 0 Å². The van der Waals surface area contributed by atoms with Gasteiger partial charge in [0.15, 0.2) is 0 Å². The Balaban J connectivity index is 2.02. The van der Waals surface area contributed by atoms with Crippen LogP contribution >= 0.6 is 0 Å². The molecule has 2 nitrogen and oxygen atoms in total. The number of allylic oxidation sites excluding steroid dienone is 3. The molecule has 0 aromatic heterocycles. The van der Waals surface area contributed by atoms with Gasteiger partial charge in [-0.1, -0.05) is 25.5 Å². The summed E-state index contributed by atoms with van der Waals surface area (Å²) in [7, 11) is 2.21. The highest BCUT2D eigenvalue weighted by Crippen LogP contribution is 2.25. The van der Waals surface area contributed by atoms with E-state index in [2.05, 4.69) is 42.8 Å². The third-order valence-corrected chi connectivity index (χ3v) is 3.73. The van der Waals surface area contributed by atoms with Gasteiger partial charge in [-0.05, 0) is 31.9 Å². The third-order valence-electron chi connectivity index (χ3n) is 3.73. The first kappa shape index (κ1) is 11.7. The molecule has 0 aromatic rings. The van der Waals surface area contributed by atoms with Crippen LogP contribution in [0.25, 0.3) is 0 Å². The molecule has 1 aliphatic carbocycles. The Morgan fingerprint density at radius 3 is 2.44 bits per heavy atom. The second kappa shape index (κ2) is 5.05. The van der Waals surface area contributed by atoms with Crippen molar-refractivity contribution in [3.8, 4) is 0 Å². The Kier molecular flexibility index (Phi) is 3.70. The number of piperazine rings is 1. The van der Waals surface area contributed by atoms with Gasteiger partial charge in [-0.25, -0.2) is 0 Å². The third kappa shape index (κ3) is 2.67. The highest BCUT2D eigenvalue weighted by molar-refractivity contribution is 5.28.